The maximum absolute atomic E-state index is 10.3. The average Bonchev–Trinajstić information content (AvgIpc) is 2.40. The van der Waals surface area contributed by atoms with E-state index in [1.165, 1.54) is 64.2 Å². The fraction of sp³-hybridized carbons (Fsp3) is 1.00. The fourth-order valence-corrected chi connectivity index (χ4v) is 2.75. The highest BCUT2D eigenvalue weighted by atomic mass is 16.3. The van der Waals surface area contributed by atoms with Gasteiger partial charge in [0.2, 0.25) is 0 Å². The maximum atomic E-state index is 10.3. The van der Waals surface area contributed by atoms with Crippen LogP contribution in [0.2, 0.25) is 0 Å². The quantitative estimate of drug-likeness (QED) is 0.395. The van der Waals surface area contributed by atoms with Crippen LogP contribution in [0.4, 0.5) is 0 Å². The van der Waals surface area contributed by atoms with Gasteiger partial charge in [0.1, 0.15) is 0 Å². The van der Waals surface area contributed by atoms with E-state index in [1.807, 2.05) is 6.92 Å². The first-order valence-corrected chi connectivity index (χ1v) is 9.43. The Kier molecular flexibility index (Phi) is 13.5. The van der Waals surface area contributed by atoms with Crippen molar-refractivity contribution in [1.29, 1.82) is 0 Å². The van der Waals surface area contributed by atoms with Crippen LogP contribution in [0, 0.1) is 0 Å². The largest absolute Gasteiger partial charge is 0.390 e. The highest BCUT2D eigenvalue weighted by Gasteiger charge is 2.18. The lowest BCUT2D eigenvalue weighted by atomic mass is 9.94. The Balaban J connectivity index is 3.32. The third kappa shape index (κ3) is 16.1. The zero-order valence-electron chi connectivity index (χ0n) is 15.2. The third-order valence-corrected chi connectivity index (χ3v) is 4.29. The molecule has 0 spiro atoms. The van der Waals surface area contributed by atoms with Crippen LogP contribution in [0.25, 0.3) is 0 Å². The molecule has 0 saturated heterocycles. The predicted octanol–water partition coefficient (Wildman–Crippen LogP) is 5.44. The van der Waals surface area contributed by atoms with Crippen molar-refractivity contribution in [2.75, 3.05) is 6.54 Å². The van der Waals surface area contributed by atoms with Gasteiger partial charge >= 0.3 is 0 Å². The van der Waals surface area contributed by atoms with Crippen LogP contribution in [-0.2, 0) is 0 Å². The average molecular weight is 300 g/mol. The molecule has 0 aliphatic rings. The number of hydrogen-bond donors (Lipinski definition) is 2. The summed E-state index contributed by atoms with van der Waals surface area (Å²) in [4.78, 5) is 0. The summed E-state index contributed by atoms with van der Waals surface area (Å²) in [6, 6.07) is 0.512. The van der Waals surface area contributed by atoms with Crippen LogP contribution in [0.1, 0.15) is 105 Å². The summed E-state index contributed by atoms with van der Waals surface area (Å²) in [5.74, 6) is 0. The summed E-state index contributed by atoms with van der Waals surface area (Å²) in [6.45, 7) is 9.48. The van der Waals surface area contributed by atoms with E-state index in [0.29, 0.717) is 6.04 Å². The molecule has 1 unspecified atom stereocenters. The van der Waals surface area contributed by atoms with Crippen LogP contribution in [-0.4, -0.2) is 23.3 Å². The highest BCUT2D eigenvalue weighted by Crippen LogP contribution is 2.19. The number of rotatable bonds is 15. The molecule has 0 amide bonds. The van der Waals surface area contributed by atoms with Gasteiger partial charge in [-0.15, -0.1) is 0 Å². The summed E-state index contributed by atoms with van der Waals surface area (Å²) >= 11 is 0. The zero-order chi connectivity index (χ0) is 16.0. The first-order valence-electron chi connectivity index (χ1n) is 9.43. The number of nitrogens with one attached hydrogen (secondary N) is 1. The zero-order valence-corrected chi connectivity index (χ0v) is 15.2. The minimum Gasteiger partial charge on any atom is -0.390 e. The first kappa shape index (κ1) is 20.9. The Morgan fingerprint density at radius 3 is 1.76 bits per heavy atom. The maximum Gasteiger partial charge on any atom is 0.0631 e. The molecule has 2 heteroatoms. The molecule has 0 aliphatic carbocycles. The summed E-state index contributed by atoms with van der Waals surface area (Å²) in [7, 11) is 0. The van der Waals surface area contributed by atoms with Gasteiger partial charge in [-0.25, -0.2) is 0 Å². The Hall–Kier alpha value is -0.0800. The predicted molar refractivity (Wildman–Crippen MR) is 94.8 cm³/mol. The van der Waals surface area contributed by atoms with Crippen LogP contribution in [0.15, 0.2) is 0 Å². The van der Waals surface area contributed by atoms with Gasteiger partial charge in [0.05, 0.1) is 5.60 Å². The third-order valence-electron chi connectivity index (χ3n) is 4.29. The van der Waals surface area contributed by atoms with E-state index in [0.717, 1.165) is 19.4 Å². The highest BCUT2D eigenvalue weighted by molar-refractivity contribution is 4.74. The molecule has 0 heterocycles. The first-order chi connectivity index (χ1) is 9.98. The van der Waals surface area contributed by atoms with E-state index in [4.69, 9.17) is 0 Å². The smallest absolute Gasteiger partial charge is 0.0631 e. The molecule has 21 heavy (non-hydrogen) atoms. The van der Waals surface area contributed by atoms with Gasteiger partial charge in [0.25, 0.3) is 0 Å². The van der Waals surface area contributed by atoms with Gasteiger partial charge in [0, 0.05) is 6.04 Å². The van der Waals surface area contributed by atoms with Gasteiger partial charge < -0.3 is 10.4 Å². The van der Waals surface area contributed by atoms with E-state index in [1.54, 1.807) is 0 Å². The Morgan fingerprint density at radius 2 is 1.29 bits per heavy atom. The number of hydrogen-bond acceptors (Lipinski definition) is 2. The van der Waals surface area contributed by atoms with Crippen molar-refractivity contribution in [3.05, 3.63) is 0 Å². The van der Waals surface area contributed by atoms with Gasteiger partial charge in [-0.05, 0) is 26.3 Å². The topological polar surface area (TPSA) is 32.3 Å². The van der Waals surface area contributed by atoms with Gasteiger partial charge in [0.15, 0.2) is 0 Å². The van der Waals surface area contributed by atoms with Gasteiger partial charge in [-0.3, -0.25) is 0 Å². The van der Waals surface area contributed by atoms with Gasteiger partial charge in [-0.1, -0.05) is 85.0 Å². The summed E-state index contributed by atoms with van der Waals surface area (Å²) in [5.41, 5.74) is -0.484. The SMILES string of the molecule is CCCCCCCCCCCCC(C)(O)CCNC(C)C. The van der Waals surface area contributed by atoms with Crippen molar-refractivity contribution in [2.24, 2.45) is 0 Å². The Morgan fingerprint density at radius 1 is 0.810 bits per heavy atom. The standard InChI is InChI=1S/C19H41NO/c1-5-6-7-8-9-10-11-12-13-14-15-19(4,21)16-17-20-18(2)3/h18,20-21H,5-17H2,1-4H3. The van der Waals surface area contributed by atoms with E-state index >= 15 is 0 Å². The van der Waals surface area contributed by atoms with E-state index in [-0.39, 0.29) is 0 Å². The van der Waals surface area contributed by atoms with E-state index in [9.17, 15) is 5.11 Å². The monoisotopic (exact) mass is 299 g/mol. The fourth-order valence-electron chi connectivity index (χ4n) is 2.75. The van der Waals surface area contributed by atoms with Crippen LogP contribution in [0.3, 0.4) is 0 Å². The molecule has 0 rings (SSSR count). The lowest BCUT2D eigenvalue weighted by Gasteiger charge is -2.24. The van der Waals surface area contributed by atoms with Crippen molar-refractivity contribution < 1.29 is 5.11 Å². The summed E-state index contributed by atoms with van der Waals surface area (Å²) < 4.78 is 0. The molecule has 0 radical (unpaired) electrons. The molecule has 0 aliphatic heterocycles. The van der Waals surface area contributed by atoms with Crippen molar-refractivity contribution in [2.45, 2.75) is 116 Å². The minimum atomic E-state index is -0.484. The van der Waals surface area contributed by atoms with Crippen molar-refractivity contribution >= 4 is 0 Å². The van der Waals surface area contributed by atoms with Crippen LogP contribution >= 0.6 is 0 Å². The Labute approximate surface area is 134 Å². The minimum absolute atomic E-state index is 0.484. The molecule has 1 atom stereocenters. The second-order valence-corrected chi connectivity index (χ2v) is 7.29. The van der Waals surface area contributed by atoms with Crippen molar-refractivity contribution in [1.82, 2.24) is 5.32 Å². The van der Waals surface area contributed by atoms with Crippen LogP contribution in [0.5, 0.6) is 0 Å². The molecule has 2 nitrogen and oxygen atoms in total. The van der Waals surface area contributed by atoms with Gasteiger partial charge in [-0.2, -0.15) is 0 Å². The van der Waals surface area contributed by atoms with Crippen molar-refractivity contribution in [3.8, 4) is 0 Å². The second-order valence-electron chi connectivity index (χ2n) is 7.29. The summed E-state index contributed by atoms with van der Waals surface area (Å²) in [6.07, 6.45) is 15.4. The molecule has 2 N–H and O–H groups in total. The van der Waals surface area contributed by atoms with E-state index in [2.05, 4.69) is 26.1 Å². The normalized spacial score (nSPS) is 14.6. The number of unbranched alkanes of at least 4 members (excludes halogenated alkanes) is 9. The second kappa shape index (κ2) is 13.6. The molecule has 0 aromatic carbocycles. The molecular weight excluding hydrogens is 258 g/mol. The molecule has 0 aromatic heterocycles. The molecule has 0 fully saturated rings. The molecule has 0 aromatic rings. The Bertz CT molecular complexity index is 214. The molecule has 0 saturated carbocycles. The summed E-state index contributed by atoms with van der Waals surface area (Å²) in [5, 5.41) is 13.7. The van der Waals surface area contributed by atoms with E-state index < -0.39 is 5.60 Å². The lowest BCUT2D eigenvalue weighted by Crippen LogP contribution is -2.32. The molecule has 128 valence electrons. The number of aliphatic hydroxyl groups is 1. The molecular formula is C19H41NO. The van der Waals surface area contributed by atoms with Crippen molar-refractivity contribution in [3.63, 3.8) is 0 Å². The lowest BCUT2D eigenvalue weighted by molar-refractivity contribution is 0.0391. The molecule has 0 bridgehead atoms. The van der Waals surface area contributed by atoms with Crippen LogP contribution < -0.4 is 5.32 Å².